The molecule has 0 amide bonds. The van der Waals surface area contributed by atoms with E-state index < -0.39 is 23.6 Å². The number of nitrogen functional groups attached to an aromatic ring is 1. The lowest BCUT2D eigenvalue weighted by molar-refractivity contribution is -0.143. The van der Waals surface area contributed by atoms with Crippen molar-refractivity contribution in [2.75, 3.05) is 23.7 Å². The SMILES string of the molecule is C[C@@H]1CC2(CCN(c3nc(N)c(Sc4cccnc4C(F)(F)F)c(=O)n3C)CC2)C[C@H]1F. The van der Waals surface area contributed by atoms with Gasteiger partial charge >= 0.3 is 6.18 Å². The number of pyridine rings is 1. The molecule has 0 radical (unpaired) electrons. The van der Waals surface area contributed by atoms with E-state index in [0.29, 0.717) is 37.2 Å². The molecule has 2 aromatic rings. The van der Waals surface area contributed by atoms with Crippen LogP contribution in [0, 0.1) is 11.3 Å². The molecule has 174 valence electrons. The van der Waals surface area contributed by atoms with Crippen molar-refractivity contribution >= 4 is 23.5 Å². The van der Waals surface area contributed by atoms with Crippen LogP contribution in [-0.2, 0) is 13.2 Å². The number of anilines is 2. The highest BCUT2D eigenvalue weighted by Gasteiger charge is 2.45. The standard InChI is InChI=1S/C21H25F4N5OS/c1-12-10-20(11-13(12)22)5-8-30(9-6-20)19-28-17(26)15(18(31)29(19)2)32-14-4-3-7-27-16(14)21(23,24)25/h3-4,7,12-13H,5-6,8-11,26H2,1-2H3/t12-,13-/m1/s1. The maximum atomic E-state index is 14.1. The molecule has 2 fully saturated rings. The smallest absolute Gasteiger partial charge is 0.382 e. The van der Waals surface area contributed by atoms with Gasteiger partial charge in [0.1, 0.15) is 16.9 Å². The molecule has 4 rings (SSSR count). The second kappa shape index (κ2) is 8.24. The van der Waals surface area contributed by atoms with Crippen molar-refractivity contribution in [1.29, 1.82) is 0 Å². The Hall–Kier alpha value is -2.30. The minimum absolute atomic E-state index is 0.0101. The topological polar surface area (TPSA) is 77.0 Å². The molecule has 1 saturated carbocycles. The predicted octanol–water partition coefficient (Wildman–Crippen LogP) is 4.28. The quantitative estimate of drug-likeness (QED) is 0.674. The van der Waals surface area contributed by atoms with E-state index in [2.05, 4.69) is 9.97 Å². The van der Waals surface area contributed by atoms with E-state index in [4.69, 9.17) is 5.73 Å². The first kappa shape index (κ1) is 22.9. The van der Waals surface area contributed by atoms with Crippen molar-refractivity contribution in [1.82, 2.24) is 14.5 Å². The minimum Gasteiger partial charge on any atom is -0.382 e. The van der Waals surface area contributed by atoms with Crippen LogP contribution in [-0.4, -0.2) is 33.8 Å². The molecule has 0 aromatic carbocycles. The lowest BCUT2D eigenvalue weighted by Crippen LogP contribution is -2.42. The Labute approximate surface area is 187 Å². The van der Waals surface area contributed by atoms with Gasteiger partial charge in [0, 0.05) is 31.2 Å². The molecule has 11 heteroatoms. The second-order valence-corrected chi connectivity index (χ2v) is 9.88. The Morgan fingerprint density at radius 2 is 1.94 bits per heavy atom. The van der Waals surface area contributed by atoms with Crippen LogP contribution in [0.2, 0.25) is 0 Å². The Kier molecular flexibility index (Phi) is 5.89. The van der Waals surface area contributed by atoms with Crippen molar-refractivity contribution in [3.63, 3.8) is 0 Å². The van der Waals surface area contributed by atoms with E-state index >= 15 is 0 Å². The molecule has 2 atom stereocenters. The fourth-order valence-electron chi connectivity index (χ4n) is 4.86. The maximum Gasteiger partial charge on any atom is 0.434 e. The van der Waals surface area contributed by atoms with Crippen molar-refractivity contribution in [3.8, 4) is 0 Å². The molecule has 1 aliphatic heterocycles. The summed E-state index contributed by atoms with van der Waals surface area (Å²) in [6, 6.07) is 2.62. The van der Waals surface area contributed by atoms with Gasteiger partial charge in [-0.25, -0.2) is 4.39 Å². The molecular weight excluding hydrogens is 446 g/mol. The molecule has 3 heterocycles. The molecule has 32 heavy (non-hydrogen) atoms. The van der Waals surface area contributed by atoms with Crippen molar-refractivity contribution in [2.24, 2.45) is 18.4 Å². The third kappa shape index (κ3) is 4.18. The van der Waals surface area contributed by atoms with Crippen LogP contribution in [0.4, 0.5) is 29.3 Å². The van der Waals surface area contributed by atoms with Crippen molar-refractivity contribution in [3.05, 3.63) is 34.4 Å². The number of rotatable bonds is 3. The predicted molar refractivity (Wildman–Crippen MR) is 114 cm³/mol. The van der Waals surface area contributed by atoms with Gasteiger partial charge in [0.15, 0.2) is 5.69 Å². The van der Waals surface area contributed by atoms with Crippen LogP contribution in [0.15, 0.2) is 32.9 Å². The Morgan fingerprint density at radius 1 is 1.25 bits per heavy atom. The molecular formula is C21H25F4N5OS. The number of nitrogens with zero attached hydrogens (tertiary/aromatic N) is 4. The van der Waals surface area contributed by atoms with E-state index in [0.717, 1.165) is 25.5 Å². The van der Waals surface area contributed by atoms with E-state index in [1.54, 1.807) is 0 Å². The lowest BCUT2D eigenvalue weighted by atomic mass is 9.76. The molecule has 0 unspecified atom stereocenters. The number of halogens is 4. The average Bonchev–Trinajstić information content (AvgIpc) is 3.01. The monoisotopic (exact) mass is 471 g/mol. The highest BCUT2D eigenvalue weighted by Crippen LogP contribution is 2.50. The summed E-state index contributed by atoms with van der Waals surface area (Å²) in [6.45, 7) is 3.18. The third-order valence-electron chi connectivity index (χ3n) is 6.61. The summed E-state index contributed by atoms with van der Waals surface area (Å²) in [5.41, 5.74) is 4.43. The Morgan fingerprint density at radius 3 is 2.53 bits per heavy atom. The normalized spacial score (nSPS) is 23.1. The molecule has 2 N–H and O–H groups in total. The number of hydrogen-bond acceptors (Lipinski definition) is 6. The first-order chi connectivity index (χ1) is 15.0. The first-order valence-corrected chi connectivity index (χ1v) is 11.3. The van der Waals surface area contributed by atoms with Crippen molar-refractivity contribution in [2.45, 2.75) is 54.7 Å². The highest BCUT2D eigenvalue weighted by molar-refractivity contribution is 7.99. The van der Waals surface area contributed by atoms with Gasteiger partial charge in [-0.1, -0.05) is 18.7 Å². The largest absolute Gasteiger partial charge is 0.434 e. The van der Waals surface area contributed by atoms with E-state index in [1.165, 1.54) is 23.7 Å². The molecule has 2 aliphatic rings. The van der Waals surface area contributed by atoms with Gasteiger partial charge in [0.05, 0.1) is 0 Å². The summed E-state index contributed by atoms with van der Waals surface area (Å²) in [4.78, 5) is 22.4. The lowest BCUT2D eigenvalue weighted by Gasteiger charge is -2.40. The fraction of sp³-hybridized carbons (Fsp3) is 0.571. The summed E-state index contributed by atoms with van der Waals surface area (Å²) in [5, 5.41) is 0. The van der Waals surface area contributed by atoms with Gasteiger partial charge in [-0.05, 0) is 49.1 Å². The molecule has 2 aromatic heterocycles. The van der Waals surface area contributed by atoms with E-state index in [9.17, 15) is 22.4 Å². The van der Waals surface area contributed by atoms with Gasteiger partial charge in [0.25, 0.3) is 5.56 Å². The molecule has 1 aliphatic carbocycles. The first-order valence-electron chi connectivity index (χ1n) is 10.5. The fourth-order valence-corrected chi connectivity index (χ4v) is 5.87. The van der Waals surface area contributed by atoms with Gasteiger partial charge in [-0.3, -0.25) is 14.3 Å². The van der Waals surface area contributed by atoms with Crippen LogP contribution >= 0.6 is 11.8 Å². The van der Waals surface area contributed by atoms with Crippen LogP contribution in [0.25, 0.3) is 0 Å². The zero-order valence-electron chi connectivity index (χ0n) is 17.8. The maximum absolute atomic E-state index is 14.1. The van der Waals surface area contributed by atoms with Crippen LogP contribution in [0.5, 0.6) is 0 Å². The Bertz CT molecular complexity index is 1050. The molecule has 1 spiro atoms. The van der Waals surface area contributed by atoms with Crippen LogP contribution < -0.4 is 16.2 Å². The van der Waals surface area contributed by atoms with Gasteiger partial charge in [-0.15, -0.1) is 0 Å². The number of aromatic nitrogens is 3. The number of nitrogens with two attached hydrogens (primary N) is 1. The summed E-state index contributed by atoms with van der Waals surface area (Å²) >= 11 is 0.616. The highest BCUT2D eigenvalue weighted by atomic mass is 32.2. The molecule has 0 bridgehead atoms. The number of alkyl halides is 4. The summed E-state index contributed by atoms with van der Waals surface area (Å²) in [7, 11) is 1.53. The zero-order chi connectivity index (χ0) is 23.3. The van der Waals surface area contributed by atoms with E-state index in [-0.39, 0.29) is 26.9 Å². The van der Waals surface area contributed by atoms with Gasteiger partial charge in [0.2, 0.25) is 5.95 Å². The number of hydrogen-bond donors (Lipinski definition) is 1. The summed E-state index contributed by atoms with van der Waals surface area (Å²) in [6.07, 6.45) is -1.35. The Balaban J connectivity index is 1.58. The van der Waals surface area contributed by atoms with E-state index in [1.807, 2.05) is 11.8 Å². The zero-order valence-corrected chi connectivity index (χ0v) is 18.6. The minimum atomic E-state index is -4.66. The molecule has 6 nitrogen and oxygen atoms in total. The average molecular weight is 472 g/mol. The summed E-state index contributed by atoms with van der Waals surface area (Å²) in [5.74, 6) is 0.311. The van der Waals surface area contributed by atoms with Crippen LogP contribution in [0.3, 0.4) is 0 Å². The number of piperidine rings is 1. The summed E-state index contributed by atoms with van der Waals surface area (Å²) < 4.78 is 55.2. The van der Waals surface area contributed by atoms with Crippen LogP contribution in [0.1, 0.15) is 38.3 Å². The van der Waals surface area contributed by atoms with Crippen molar-refractivity contribution < 1.29 is 17.6 Å². The third-order valence-corrected chi connectivity index (χ3v) is 7.75. The molecule has 1 saturated heterocycles. The second-order valence-electron chi connectivity index (χ2n) is 8.83. The van der Waals surface area contributed by atoms with Gasteiger partial charge < -0.3 is 10.6 Å². The van der Waals surface area contributed by atoms with Gasteiger partial charge in [-0.2, -0.15) is 18.2 Å².